The van der Waals surface area contributed by atoms with Gasteiger partial charge in [0.1, 0.15) is 0 Å². The SMILES string of the molecule is O=C(O)c1cccc(OC(F)F)n1. The number of carbonyl (C=O) groups is 1. The maximum Gasteiger partial charge on any atom is 0.388 e. The number of hydrogen-bond acceptors (Lipinski definition) is 3. The molecule has 6 heteroatoms. The van der Waals surface area contributed by atoms with Crippen LogP contribution >= 0.6 is 0 Å². The van der Waals surface area contributed by atoms with Gasteiger partial charge in [-0.25, -0.2) is 9.78 Å². The van der Waals surface area contributed by atoms with Gasteiger partial charge < -0.3 is 9.84 Å². The lowest BCUT2D eigenvalue weighted by Crippen LogP contribution is -2.06. The minimum absolute atomic E-state index is 0.335. The summed E-state index contributed by atoms with van der Waals surface area (Å²) in [4.78, 5) is 13.6. The van der Waals surface area contributed by atoms with E-state index in [-0.39, 0.29) is 5.69 Å². The molecule has 4 nitrogen and oxygen atoms in total. The Hall–Kier alpha value is -1.72. The van der Waals surface area contributed by atoms with E-state index in [1.807, 2.05) is 0 Å². The first kappa shape index (κ1) is 9.37. The lowest BCUT2D eigenvalue weighted by molar-refractivity contribution is -0.0530. The average molecular weight is 189 g/mol. The molecule has 0 aliphatic rings. The third-order valence-electron chi connectivity index (χ3n) is 1.15. The van der Waals surface area contributed by atoms with Crippen molar-refractivity contribution in [1.82, 2.24) is 4.98 Å². The van der Waals surface area contributed by atoms with E-state index < -0.39 is 18.5 Å². The second-order valence-corrected chi connectivity index (χ2v) is 2.04. The number of carboxylic acid groups (broad SMARTS) is 1. The van der Waals surface area contributed by atoms with Crippen LogP contribution in [-0.4, -0.2) is 22.7 Å². The predicted molar refractivity (Wildman–Crippen MR) is 37.8 cm³/mol. The molecule has 0 bridgehead atoms. The molecule has 70 valence electrons. The van der Waals surface area contributed by atoms with Crippen LogP contribution < -0.4 is 4.74 Å². The van der Waals surface area contributed by atoms with Crippen LogP contribution in [0.5, 0.6) is 5.88 Å². The molecule has 0 saturated heterocycles. The molecule has 0 aliphatic carbocycles. The standard InChI is InChI=1S/C7H5F2NO3/c8-7(9)13-5-3-1-2-4(10-5)6(11)12/h1-3,7H,(H,11,12). The quantitative estimate of drug-likeness (QED) is 0.780. The van der Waals surface area contributed by atoms with Crippen molar-refractivity contribution in [3.63, 3.8) is 0 Å². The molecular weight excluding hydrogens is 184 g/mol. The minimum atomic E-state index is -3.00. The van der Waals surface area contributed by atoms with Crippen molar-refractivity contribution in [2.24, 2.45) is 0 Å². The van der Waals surface area contributed by atoms with Gasteiger partial charge in [0.2, 0.25) is 5.88 Å². The van der Waals surface area contributed by atoms with Gasteiger partial charge in [0.05, 0.1) is 0 Å². The molecule has 1 aromatic rings. The summed E-state index contributed by atoms with van der Waals surface area (Å²) in [6, 6.07) is 3.60. The Morgan fingerprint density at radius 1 is 1.54 bits per heavy atom. The Labute approximate surface area is 71.8 Å². The number of alkyl halides is 2. The summed E-state index contributed by atoms with van der Waals surface area (Å²) >= 11 is 0. The van der Waals surface area contributed by atoms with Gasteiger partial charge in [0.15, 0.2) is 5.69 Å². The number of nitrogens with zero attached hydrogens (tertiary/aromatic N) is 1. The van der Waals surface area contributed by atoms with Crippen molar-refractivity contribution < 1.29 is 23.4 Å². The average Bonchev–Trinajstić information content (AvgIpc) is 2.03. The highest BCUT2D eigenvalue weighted by Gasteiger charge is 2.08. The van der Waals surface area contributed by atoms with Crippen LogP contribution in [0.2, 0.25) is 0 Å². The second kappa shape index (κ2) is 3.79. The first-order valence-electron chi connectivity index (χ1n) is 3.25. The van der Waals surface area contributed by atoms with E-state index >= 15 is 0 Å². The van der Waals surface area contributed by atoms with Gasteiger partial charge >= 0.3 is 12.6 Å². The summed E-state index contributed by atoms with van der Waals surface area (Å²) in [6.07, 6.45) is 0. The van der Waals surface area contributed by atoms with Crippen LogP contribution in [0, 0.1) is 0 Å². The van der Waals surface area contributed by atoms with Crippen LogP contribution in [0.15, 0.2) is 18.2 Å². The highest BCUT2D eigenvalue weighted by Crippen LogP contribution is 2.10. The van der Waals surface area contributed by atoms with Crippen molar-refractivity contribution in [3.05, 3.63) is 23.9 Å². The van der Waals surface area contributed by atoms with Crippen LogP contribution in [-0.2, 0) is 0 Å². The Balaban J connectivity index is 2.85. The van der Waals surface area contributed by atoms with Crippen LogP contribution in [0.3, 0.4) is 0 Å². The molecule has 0 fully saturated rings. The van der Waals surface area contributed by atoms with Crippen molar-refractivity contribution in [1.29, 1.82) is 0 Å². The van der Waals surface area contributed by atoms with Gasteiger partial charge in [-0.2, -0.15) is 8.78 Å². The molecule has 1 rings (SSSR count). The number of halogens is 2. The molecule has 0 spiro atoms. The Morgan fingerprint density at radius 2 is 2.23 bits per heavy atom. The van der Waals surface area contributed by atoms with Crippen LogP contribution in [0.1, 0.15) is 10.5 Å². The molecule has 1 heterocycles. The summed E-state index contributed by atoms with van der Waals surface area (Å²) in [5, 5.41) is 8.44. The molecular formula is C7H5F2NO3. The van der Waals surface area contributed by atoms with Crippen molar-refractivity contribution in [2.45, 2.75) is 6.61 Å². The number of hydrogen-bond donors (Lipinski definition) is 1. The molecule has 0 atom stereocenters. The van der Waals surface area contributed by atoms with E-state index in [1.165, 1.54) is 12.1 Å². The largest absolute Gasteiger partial charge is 0.477 e. The third-order valence-corrected chi connectivity index (χ3v) is 1.15. The molecule has 13 heavy (non-hydrogen) atoms. The van der Waals surface area contributed by atoms with Gasteiger partial charge in [0, 0.05) is 6.07 Å². The lowest BCUT2D eigenvalue weighted by Gasteiger charge is -2.02. The smallest absolute Gasteiger partial charge is 0.388 e. The van der Waals surface area contributed by atoms with E-state index in [4.69, 9.17) is 5.11 Å². The molecule has 0 aromatic carbocycles. The fraction of sp³-hybridized carbons (Fsp3) is 0.143. The zero-order chi connectivity index (χ0) is 9.84. The maximum atomic E-state index is 11.6. The van der Waals surface area contributed by atoms with Gasteiger partial charge in [-0.05, 0) is 6.07 Å². The van der Waals surface area contributed by atoms with Gasteiger partial charge in [0.25, 0.3) is 0 Å². The Morgan fingerprint density at radius 3 is 2.77 bits per heavy atom. The Kier molecular flexibility index (Phi) is 2.73. The number of carboxylic acids is 1. The fourth-order valence-corrected chi connectivity index (χ4v) is 0.691. The van der Waals surface area contributed by atoms with E-state index in [0.717, 1.165) is 6.07 Å². The van der Waals surface area contributed by atoms with Crippen LogP contribution in [0.4, 0.5) is 8.78 Å². The topological polar surface area (TPSA) is 59.4 Å². The fourth-order valence-electron chi connectivity index (χ4n) is 0.691. The third kappa shape index (κ3) is 2.66. The molecule has 1 aromatic heterocycles. The lowest BCUT2D eigenvalue weighted by atomic mass is 10.3. The predicted octanol–water partition coefficient (Wildman–Crippen LogP) is 1.38. The number of aromatic carboxylic acids is 1. The summed E-state index contributed by atoms with van der Waals surface area (Å²) < 4.78 is 27.2. The highest BCUT2D eigenvalue weighted by molar-refractivity contribution is 5.85. The van der Waals surface area contributed by atoms with Crippen molar-refractivity contribution in [2.75, 3.05) is 0 Å². The number of aromatic nitrogens is 1. The summed E-state index contributed by atoms with van der Waals surface area (Å²) in [5.41, 5.74) is -0.335. The number of rotatable bonds is 3. The molecule has 0 saturated carbocycles. The number of pyridine rings is 1. The summed E-state index contributed by atoms with van der Waals surface area (Å²) in [7, 11) is 0. The molecule has 0 aliphatic heterocycles. The first-order chi connectivity index (χ1) is 6.09. The molecule has 0 unspecified atom stereocenters. The molecule has 0 radical (unpaired) electrons. The van der Waals surface area contributed by atoms with Crippen molar-refractivity contribution >= 4 is 5.97 Å². The normalized spacial score (nSPS) is 10.1. The Bertz CT molecular complexity index is 316. The van der Waals surface area contributed by atoms with E-state index in [9.17, 15) is 13.6 Å². The summed E-state index contributed by atoms with van der Waals surface area (Å²) in [6.45, 7) is -3.00. The first-order valence-corrected chi connectivity index (χ1v) is 3.25. The molecule has 1 N–H and O–H groups in total. The van der Waals surface area contributed by atoms with Gasteiger partial charge in [-0.15, -0.1) is 0 Å². The zero-order valence-corrected chi connectivity index (χ0v) is 6.28. The van der Waals surface area contributed by atoms with Crippen molar-refractivity contribution in [3.8, 4) is 5.88 Å². The second-order valence-electron chi connectivity index (χ2n) is 2.04. The monoisotopic (exact) mass is 189 g/mol. The minimum Gasteiger partial charge on any atom is -0.477 e. The van der Waals surface area contributed by atoms with Gasteiger partial charge in [-0.1, -0.05) is 6.07 Å². The highest BCUT2D eigenvalue weighted by atomic mass is 19.3. The van der Waals surface area contributed by atoms with E-state index in [2.05, 4.69) is 9.72 Å². The van der Waals surface area contributed by atoms with Gasteiger partial charge in [-0.3, -0.25) is 0 Å². The van der Waals surface area contributed by atoms with E-state index in [0.29, 0.717) is 0 Å². The van der Waals surface area contributed by atoms with Crippen LogP contribution in [0.25, 0.3) is 0 Å². The number of ether oxygens (including phenoxy) is 1. The molecule has 0 amide bonds. The zero-order valence-electron chi connectivity index (χ0n) is 6.28. The van der Waals surface area contributed by atoms with E-state index in [1.54, 1.807) is 0 Å². The maximum absolute atomic E-state index is 11.6. The summed E-state index contributed by atoms with van der Waals surface area (Å²) in [5.74, 6) is -1.70.